The molecule has 242 valence electrons. The van der Waals surface area contributed by atoms with Gasteiger partial charge in [-0.3, -0.25) is 13.8 Å². The molecule has 6 atom stereocenters. The first kappa shape index (κ1) is 38.1. The smallest absolute Gasteiger partial charge is 0.463 e. The van der Waals surface area contributed by atoms with Crippen LogP contribution < -0.4 is 0 Å². The van der Waals surface area contributed by atoms with Gasteiger partial charge in [-0.05, 0) is 32.1 Å². The zero-order valence-corrected chi connectivity index (χ0v) is 25.2. The van der Waals surface area contributed by atoms with Crippen molar-refractivity contribution < 1.29 is 58.7 Å². The van der Waals surface area contributed by atoms with Crippen molar-refractivity contribution >= 4 is 13.8 Å². The first-order valence-electron chi connectivity index (χ1n) is 15.0. The molecule has 0 aromatic carbocycles. The zero-order chi connectivity index (χ0) is 30.7. The van der Waals surface area contributed by atoms with Gasteiger partial charge in [-0.2, -0.15) is 0 Å². The van der Waals surface area contributed by atoms with Crippen LogP contribution in [0.1, 0.15) is 103 Å². The van der Waals surface area contributed by atoms with E-state index in [1.165, 1.54) is 44.9 Å². The van der Waals surface area contributed by atoms with Crippen molar-refractivity contribution in [1.29, 1.82) is 0 Å². The lowest BCUT2D eigenvalue weighted by Gasteiger charge is -2.41. The molecule has 7 N–H and O–H groups in total. The lowest BCUT2D eigenvalue weighted by Crippen LogP contribution is -2.64. The maximum atomic E-state index is 12.1. The molecule has 1 fully saturated rings. The lowest BCUT2D eigenvalue weighted by molar-refractivity contribution is -0.220. The summed E-state index contributed by atoms with van der Waals surface area (Å²) >= 11 is 0. The Balaban J connectivity index is 2.07. The SMILES string of the molecule is CCCCCCCCC/C=C\CCCCCCCC(=O)OCC(O)COP(=O)(O)OC1C(O)C(O)C(O)C(O)C1O. The van der Waals surface area contributed by atoms with E-state index in [1.54, 1.807) is 0 Å². The van der Waals surface area contributed by atoms with Crippen LogP contribution in [0.25, 0.3) is 0 Å². The van der Waals surface area contributed by atoms with E-state index in [-0.39, 0.29) is 6.42 Å². The van der Waals surface area contributed by atoms with E-state index < -0.39 is 69.7 Å². The molecule has 0 aromatic rings. The van der Waals surface area contributed by atoms with Crippen molar-refractivity contribution in [2.24, 2.45) is 0 Å². The van der Waals surface area contributed by atoms with Crippen molar-refractivity contribution in [3.8, 4) is 0 Å². The predicted molar refractivity (Wildman–Crippen MR) is 152 cm³/mol. The summed E-state index contributed by atoms with van der Waals surface area (Å²) in [4.78, 5) is 21.7. The van der Waals surface area contributed by atoms with Gasteiger partial charge in [0, 0.05) is 6.42 Å². The van der Waals surface area contributed by atoms with E-state index in [9.17, 15) is 44.9 Å². The third kappa shape index (κ3) is 16.5. The molecule has 0 heterocycles. The van der Waals surface area contributed by atoms with Crippen LogP contribution >= 0.6 is 7.82 Å². The summed E-state index contributed by atoms with van der Waals surface area (Å²) in [6.07, 6.45) is 7.74. The molecule has 41 heavy (non-hydrogen) atoms. The second-order valence-electron chi connectivity index (χ2n) is 10.8. The van der Waals surface area contributed by atoms with Crippen LogP contribution in [0, 0.1) is 0 Å². The number of aliphatic hydroxyl groups is 6. The van der Waals surface area contributed by atoms with Crippen molar-refractivity contribution in [3.63, 3.8) is 0 Å². The van der Waals surface area contributed by atoms with Crippen LogP contribution in [0.15, 0.2) is 12.2 Å². The number of hydrogen-bond donors (Lipinski definition) is 7. The number of allylic oxidation sites excluding steroid dienone is 2. The number of carbonyl (C=O) groups excluding carboxylic acids is 1. The monoisotopic (exact) mass is 612 g/mol. The van der Waals surface area contributed by atoms with Crippen LogP contribution in [0.2, 0.25) is 0 Å². The number of phosphoric ester groups is 1. The van der Waals surface area contributed by atoms with Crippen LogP contribution in [0.3, 0.4) is 0 Å². The Hall–Kier alpha value is -0.920. The van der Waals surface area contributed by atoms with E-state index in [0.717, 1.165) is 38.5 Å². The predicted octanol–water partition coefficient (Wildman–Crippen LogP) is 2.64. The van der Waals surface area contributed by atoms with Crippen LogP contribution in [-0.4, -0.2) is 97.4 Å². The minimum Gasteiger partial charge on any atom is -0.463 e. The number of unbranched alkanes of at least 4 members (excludes halogenated alkanes) is 12. The molecule has 1 aliphatic carbocycles. The number of aliphatic hydroxyl groups excluding tert-OH is 6. The summed E-state index contributed by atoms with van der Waals surface area (Å²) in [5.74, 6) is -0.518. The van der Waals surface area contributed by atoms with Crippen LogP contribution in [0.4, 0.5) is 0 Å². The van der Waals surface area contributed by atoms with E-state index in [0.29, 0.717) is 6.42 Å². The first-order chi connectivity index (χ1) is 19.5. The van der Waals surface area contributed by atoms with Crippen molar-refractivity contribution in [2.75, 3.05) is 13.2 Å². The van der Waals surface area contributed by atoms with Gasteiger partial charge in [0.2, 0.25) is 0 Å². The molecule has 0 saturated heterocycles. The van der Waals surface area contributed by atoms with Crippen LogP contribution in [0.5, 0.6) is 0 Å². The Kier molecular flexibility index (Phi) is 20.2. The summed E-state index contributed by atoms with van der Waals surface area (Å²) in [5, 5.41) is 58.6. The Morgan fingerprint density at radius 1 is 0.732 bits per heavy atom. The molecule has 0 radical (unpaired) electrons. The van der Waals surface area contributed by atoms with Gasteiger partial charge in [0.15, 0.2) is 0 Å². The molecule has 1 saturated carbocycles. The molecule has 0 aliphatic heterocycles. The Labute approximate surface area is 244 Å². The second kappa shape index (κ2) is 21.7. The van der Waals surface area contributed by atoms with E-state index in [1.807, 2.05) is 0 Å². The summed E-state index contributed by atoms with van der Waals surface area (Å²) < 4.78 is 26.3. The highest BCUT2D eigenvalue weighted by Crippen LogP contribution is 2.47. The quantitative estimate of drug-likeness (QED) is 0.0385. The van der Waals surface area contributed by atoms with Crippen LogP contribution in [-0.2, 0) is 23.1 Å². The summed E-state index contributed by atoms with van der Waals surface area (Å²) in [5.41, 5.74) is 0. The van der Waals surface area contributed by atoms with E-state index in [2.05, 4.69) is 28.1 Å². The molecule has 0 bridgehead atoms. The fourth-order valence-electron chi connectivity index (χ4n) is 4.51. The minimum atomic E-state index is -4.99. The molecule has 1 aliphatic rings. The fourth-order valence-corrected chi connectivity index (χ4v) is 5.49. The molecule has 0 amide bonds. The van der Waals surface area contributed by atoms with E-state index in [4.69, 9.17) is 4.74 Å². The molecule has 12 nitrogen and oxygen atoms in total. The number of esters is 1. The Morgan fingerprint density at radius 3 is 1.73 bits per heavy atom. The number of phosphoric acid groups is 1. The summed E-state index contributed by atoms with van der Waals surface area (Å²) in [6, 6.07) is 0. The van der Waals surface area contributed by atoms with Crippen molar-refractivity contribution in [3.05, 3.63) is 12.2 Å². The molecule has 13 heteroatoms. The fraction of sp³-hybridized carbons (Fsp3) is 0.893. The van der Waals surface area contributed by atoms with E-state index >= 15 is 0 Å². The van der Waals surface area contributed by atoms with Crippen molar-refractivity contribution in [1.82, 2.24) is 0 Å². The highest BCUT2D eigenvalue weighted by molar-refractivity contribution is 7.47. The zero-order valence-electron chi connectivity index (χ0n) is 24.3. The number of hydrogen-bond acceptors (Lipinski definition) is 11. The molecule has 6 unspecified atom stereocenters. The maximum absolute atomic E-state index is 12.1. The number of carbonyl (C=O) groups is 1. The molecule has 0 aromatic heterocycles. The number of rotatable bonds is 23. The average Bonchev–Trinajstić information content (AvgIpc) is 2.95. The lowest BCUT2D eigenvalue weighted by atomic mass is 9.85. The third-order valence-corrected chi connectivity index (χ3v) is 8.07. The summed E-state index contributed by atoms with van der Waals surface area (Å²) in [7, 11) is -4.99. The topological polar surface area (TPSA) is 203 Å². The van der Waals surface area contributed by atoms with Gasteiger partial charge in [0.05, 0.1) is 6.61 Å². The van der Waals surface area contributed by atoms with Crippen molar-refractivity contribution in [2.45, 2.75) is 146 Å². The molecular formula is C28H53O12P. The highest BCUT2D eigenvalue weighted by atomic mass is 31.2. The standard InChI is InChI=1S/C28H53O12P/c1-2-3-4-5-6-7-8-9-10-11-12-13-14-15-16-17-18-22(30)38-19-21(29)20-39-41(36,37)40-28-26(34)24(32)23(31)25(33)27(28)35/h10-11,21,23-29,31-35H,2-9,12-20H2,1H3,(H,36,37)/b11-10-. The first-order valence-corrected chi connectivity index (χ1v) is 16.5. The minimum absolute atomic E-state index is 0.182. The van der Waals surface area contributed by atoms with Gasteiger partial charge >= 0.3 is 13.8 Å². The molecule has 1 rings (SSSR count). The number of ether oxygens (including phenoxy) is 1. The van der Waals surface area contributed by atoms with Gasteiger partial charge in [-0.1, -0.05) is 76.9 Å². The average molecular weight is 613 g/mol. The van der Waals surface area contributed by atoms with Gasteiger partial charge in [0.1, 0.15) is 49.3 Å². The second-order valence-corrected chi connectivity index (χ2v) is 12.2. The Morgan fingerprint density at radius 2 is 1.20 bits per heavy atom. The van der Waals surface area contributed by atoms with Gasteiger partial charge in [-0.15, -0.1) is 0 Å². The largest absolute Gasteiger partial charge is 0.472 e. The highest BCUT2D eigenvalue weighted by Gasteiger charge is 2.51. The molecular weight excluding hydrogens is 559 g/mol. The third-order valence-electron chi connectivity index (χ3n) is 7.09. The normalized spacial score (nSPS) is 27.1. The Bertz CT molecular complexity index is 750. The summed E-state index contributed by atoms with van der Waals surface area (Å²) in [6.45, 7) is 0.973. The van der Waals surface area contributed by atoms with Gasteiger partial charge in [0.25, 0.3) is 0 Å². The van der Waals surface area contributed by atoms with Gasteiger partial charge < -0.3 is 40.3 Å². The van der Waals surface area contributed by atoms with Gasteiger partial charge in [-0.25, -0.2) is 4.57 Å². The maximum Gasteiger partial charge on any atom is 0.472 e. The molecule has 0 spiro atoms.